The molecule has 0 atom stereocenters. The number of aryl methyl sites for hydroxylation is 2. The van der Waals surface area contributed by atoms with Crippen molar-refractivity contribution in [2.45, 2.75) is 13.8 Å². The van der Waals surface area contributed by atoms with Crippen molar-refractivity contribution in [3.63, 3.8) is 0 Å². The summed E-state index contributed by atoms with van der Waals surface area (Å²) in [7, 11) is 1.57. The lowest BCUT2D eigenvalue weighted by molar-refractivity contribution is 0.326. The summed E-state index contributed by atoms with van der Waals surface area (Å²) in [5, 5.41) is 8.38. The van der Waals surface area contributed by atoms with Gasteiger partial charge in [-0.25, -0.2) is 0 Å². The first-order chi connectivity index (χ1) is 13.0. The van der Waals surface area contributed by atoms with Crippen molar-refractivity contribution >= 4 is 22.7 Å². The lowest BCUT2D eigenvalue weighted by Gasteiger charge is -2.09. The minimum Gasteiger partial charge on any atom is -0.493 e. The fourth-order valence-electron chi connectivity index (χ4n) is 2.52. The van der Waals surface area contributed by atoms with Gasteiger partial charge in [0.15, 0.2) is 11.5 Å². The van der Waals surface area contributed by atoms with Gasteiger partial charge < -0.3 is 18.3 Å². The third-order valence-electron chi connectivity index (χ3n) is 3.74. The molecule has 0 saturated carbocycles. The summed E-state index contributed by atoms with van der Waals surface area (Å²) in [6, 6.07) is 7.30. The van der Waals surface area contributed by atoms with E-state index in [1.54, 1.807) is 25.3 Å². The smallest absolute Gasteiger partial charge is 0.259 e. The number of aromatic nitrogens is 2. The molecule has 1 aromatic carbocycles. The van der Waals surface area contributed by atoms with Crippen molar-refractivity contribution in [2.75, 3.05) is 13.7 Å². The van der Waals surface area contributed by atoms with Crippen LogP contribution in [0.5, 0.6) is 11.5 Å². The average molecular weight is 387 g/mol. The van der Waals surface area contributed by atoms with E-state index in [4.69, 9.17) is 29.9 Å². The molecule has 0 amide bonds. The molecule has 27 heavy (non-hydrogen) atoms. The Morgan fingerprint density at radius 2 is 2.00 bits per heavy atom. The van der Waals surface area contributed by atoms with E-state index in [0.717, 1.165) is 16.9 Å². The molecule has 0 aliphatic rings. The van der Waals surface area contributed by atoms with Crippen LogP contribution in [0.1, 0.15) is 23.0 Å². The van der Waals surface area contributed by atoms with E-state index < -0.39 is 0 Å². The number of hydrogen-bond acceptors (Lipinski definition) is 6. The van der Waals surface area contributed by atoms with Gasteiger partial charge in [0.2, 0.25) is 0 Å². The third kappa shape index (κ3) is 4.23. The standard InChI is InChI=1S/C20H19ClN2O4/c1-5-8-25-17-7-6-14(11-18(17)24-4)10-16(21)20-23-22-19(27-20)15-9-12(2)26-13(15)3/h5-7,9-11H,1,8H2,2-4H3/b16-10-. The molecule has 6 nitrogen and oxygen atoms in total. The Labute approximate surface area is 162 Å². The molecule has 0 spiro atoms. The van der Waals surface area contributed by atoms with Crippen LogP contribution in [0.2, 0.25) is 0 Å². The number of rotatable bonds is 7. The summed E-state index contributed by atoms with van der Waals surface area (Å²) in [4.78, 5) is 0. The van der Waals surface area contributed by atoms with Crippen LogP contribution >= 0.6 is 11.6 Å². The summed E-state index contributed by atoms with van der Waals surface area (Å²) in [5.41, 5.74) is 1.55. The molecular formula is C20H19ClN2O4. The van der Waals surface area contributed by atoms with Gasteiger partial charge >= 0.3 is 0 Å². The topological polar surface area (TPSA) is 70.5 Å². The normalized spacial score (nSPS) is 11.5. The minimum atomic E-state index is 0.218. The average Bonchev–Trinajstić information content (AvgIpc) is 3.26. The second kappa shape index (κ2) is 8.14. The summed E-state index contributed by atoms with van der Waals surface area (Å²) in [6.07, 6.45) is 3.38. The first-order valence-corrected chi connectivity index (χ1v) is 8.60. The van der Waals surface area contributed by atoms with E-state index >= 15 is 0 Å². The summed E-state index contributed by atoms with van der Waals surface area (Å²) in [6.45, 7) is 7.72. The van der Waals surface area contributed by atoms with Gasteiger partial charge in [0.25, 0.3) is 11.8 Å². The van der Waals surface area contributed by atoms with Crippen molar-refractivity contribution in [1.82, 2.24) is 10.2 Å². The highest BCUT2D eigenvalue weighted by atomic mass is 35.5. The largest absolute Gasteiger partial charge is 0.493 e. The fraction of sp³-hybridized carbons (Fsp3) is 0.200. The lowest BCUT2D eigenvalue weighted by Crippen LogP contribution is -1.96. The Morgan fingerprint density at radius 3 is 2.67 bits per heavy atom. The Balaban J connectivity index is 1.85. The van der Waals surface area contributed by atoms with Gasteiger partial charge in [-0.3, -0.25) is 0 Å². The maximum Gasteiger partial charge on any atom is 0.259 e. The molecule has 0 unspecified atom stereocenters. The van der Waals surface area contributed by atoms with Gasteiger partial charge in [-0.05, 0) is 43.7 Å². The number of nitrogens with zero attached hydrogens (tertiary/aromatic N) is 2. The lowest BCUT2D eigenvalue weighted by atomic mass is 10.2. The molecule has 2 heterocycles. The van der Waals surface area contributed by atoms with Crippen molar-refractivity contribution in [3.05, 3.63) is 59.9 Å². The molecule has 0 N–H and O–H groups in total. The van der Waals surface area contributed by atoms with E-state index in [-0.39, 0.29) is 5.89 Å². The fourth-order valence-corrected chi connectivity index (χ4v) is 2.72. The third-order valence-corrected chi connectivity index (χ3v) is 4.01. The Bertz CT molecular complexity index is 988. The Hall–Kier alpha value is -2.99. The van der Waals surface area contributed by atoms with Crippen LogP contribution in [0, 0.1) is 13.8 Å². The van der Waals surface area contributed by atoms with Gasteiger partial charge in [0.05, 0.1) is 12.7 Å². The molecule has 0 fully saturated rings. The molecule has 140 valence electrons. The second-order valence-corrected chi connectivity index (χ2v) is 6.15. The molecular weight excluding hydrogens is 368 g/mol. The van der Waals surface area contributed by atoms with Gasteiger partial charge in [0.1, 0.15) is 23.2 Å². The molecule has 3 rings (SSSR count). The van der Waals surface area contributed by atoms with E-state index in [1.165, 1.54) is 0 Å². The van der Waals surface area contributed by atoms with E-state index in [0.29, 0.717) is 34.8 Å². The highest BCUT2D eigenvalue weighted by molar-refractivity contribution is 6.50. The predicted octanol–water partition coefficient (Wildman–Crippen LogP) is 5.26. The maximum absolute atomic E-state index is 6.36. The van der Waals surface area contributed by atoms with Crippen LogP contribution in [0.4, 0.5) is 0 Å². The zero-order valence-corrected chi connectivity index (χ0v) is 16.0. The minimum absolute atomic E-state index is 0.218. The summed E-state index contributed by atoms with van der Waals surface area (Å²) >= 11 is 6.36. The van der Waals surface area contributed by atoms with Crippen LogP contribution in [0.15, 0.2) is 45.8 Å². The summed E-state index contributed by atoms with van der Waals surface area (Å²) in [5.74, 6) is 3.27. The van der Waals surface area contributed by atoms with Gasteiger partial charge in [0, 0.05) is 0 Å². The zero-order valence-electron chi connectivity index (χ0n) is 15.3. The van der Waals surface area contributed by atoms with E-state index in [1.807, 2.05) is 32.0 Å². The van der Waals surface area contributed by atoms with E-state index in [2.05, 4.69) is 16.8 Å². The first kappa shape index (κ1) is 18.8. The van der Waals surface area contributed by atoms with Crippen molar-refractivity contribution in [3.8, 4) is 23.0 Å². The number of halogens is 1. The second-order valence-electron chi connectivity index (χ2n) is 5.74. The van der Waals surface area contributed by atoms with Crippen molar-refractivity contribution < 1.29 is 18.3 Å². The van der Waals surface area contributed by atoms with Gasteiger partial charge in [-0.2, -0.15) is 0 Å². The molecule has 3 aromatic rings. The molecule has 0 bridgehead atoms. The highest BCUT2D eigenvalue weighted by Crippen LogP contribution is 2.32. The number of furan rings is 1. The molecule has 0 aliphatic heterocycles. The van der Waals surface area contributed by atoms with Crippen molar-refractivity contribution in [1.29, 1.82) is 0 Å². The van der Waals surface area contributed by atoms with Gasteiger partial charge in [-0.1, -0.05) is 30.3 Å². The molecule has 7 heteroatoms. The molecule has 2 aromatic heterocycles. The number of benzene rings is 1. The monoisotopic (exact) mass is 386 g/mol. The highest BCUT2D eigenvalue weighted by Gasteiger charge is 2.16. The molecule has 0 aliphatic carbocycles. The predicted molar refractivity (Wildman–Crippen MR) is 104 cm³/mol. The number of hydrogen-bond donors (Lipinski definition) is 0. The van der Waals surface area contributed by atoms with Crippen LogP contribution in [-0.2, 0) is 0 Å². The van der Waals surface area contributed by atoms with Crippen molar-refractivity contribution in [2.24, 2.45) is 0 Å². The Morgan fingerprint density at radius 1 is 1.19 bits per heavy atom. The van der Waals surface area contributed by atoms with Crippen LogP contribution in [0.3, 0.4) is 0 Å². The quantitative estimate of drug-likeness (QED) is 0.516. The van der Waals surface area contributed by atoms with Gasteiger partial charge in [-0.15, -0.1) is 10.2 Å². The Kier molecular flexibility index (Phi) is 5.66. The number of ether oxygens (including phenoxy) is 2. The SMILES string of the molecule is C=CCOc1ccc(/C=C(\Cl)c2nnc(-c3cc(C)oc3C)o2)cc1OC. The summed E-state index contributed by atoms with van der Waals surface area (Å²) < 4.78 is 22.1. The van der Waals surface area contributed by atoms with Crippen LogP contribution in [-0.4, -0.2) is 23.9 Å². The van der Waals surface area contributed by atoms with Crippen LogP contribution < -0.4 is 9.47 Å². The van der Waals surface area contributed by atoms with E-state index in [9.17, 15) is 0 Å². The maximum atomic E-state index is 6.36. The number of methoxy groups -OCH3 is 1. The zero-order chi connectivity index (χ0) is 19.4. The molecule has 0 radical (unpaired) electrons. The van der Waals surface area contributed by atoms with Crippen LogP contribution in [0.25, 0.3) is 22.6 Å². The first-order valence-electron chi connectivity index (χ1n) is 8.22. The molecule has 0 saturated heterocycles.